The second-order valence-electron chi connectivity index (χ2n) is 7.25. The number of halogens is 1. The Balaban J connectivity index is 0.00000450. The summed E-state index contributed by atoms with van der Waals surface area (Å²) in [7, 11) is 0.548. The van der Waals surface area contributed by atoms with Crippen molar-refractivity contribution >= 4 is 40.0 Å². The highest BCUT2D eigenvalue weighted by Gasteiger charge is 2.24. The van der Waals surface area contributed by atoms with Crippen LogP contribution >= 0.6 is 24.0 Å². The molecule has 1 saturated heterocycles. The van der Waals surface area contributed by atoms with Gasteiger partial charge in [0.2, 0.25) is 10.0 Å². The number of methoxy groups -OCH3 is 1. The lowest BCUT2D eigenvalue weighted by Crippen LogP contribution is -2.42. The number of benzene rings is 1. The Kier molecular flexibility index (Phi) is 11.8. The molecule has 0 radical (unpaired) electrons. The molecular formula is C20H35IN4O4S. The summed E-state index contributed by atoms with van der Waals surface area (Å²) >= 11 is 0. The Morgan fingerprint density at radius 1 is 1.23 bits per heavy atom. The van der Waals surface area contributed by atoms with E-state index in [1.165, 1.54) is 6.26 Å². The molecule has 0 bridgehead atoms. The number of sulfonamides is 1. The fourth-order valence-electron chi connectivity index (χ4n) is 3.19. The van der Waals surface area contributed by atoms with E-state index < -0.39 is 10.0 Å². The number of nitrogens with one attached hydrogen (secondary N) is 1. The Bertz CT molecular complexity index is 751. The van der Waals surface area contributed by atoms with Crippen LogP contribution in [0.2, 0.25) is 0 Å². The van der Waals surface area contributed by atoms with Crippen LogP contribution < -0.4 is 14.8 Å². The van der Waals surface area contributed by atoms with E-state index in [9.17, 15) is 8.42 Å². The lowest BCUT2D eigenvalue weighted by molar-refractivity contribution is 0.274. The fourth-order valence-corrected chi connectivity index (χ4v) is 4.06. The topological polar surface area (TPSA) is 83.5 Å². The van der Waals surface area contributed by atoms with Crippen molar-refractivity contribution in [3.8, 4) is 11.5 Å². The SMILES string of the molecule is CCNC(=NCC1CCN(S(C)(=O)=O)CC1)N(C)CCOc1ccc(OC)cc1.I. The van der Waals surface area contributed by atoms with Crippen LogP contribution in [-0.4, -0.2) is 83.3 Å². The molecule has 10 heteroatoms. The first-order chi connectivity index (χ1) is 13.8. The highest BCUT2D eigenvalue weighted by atomic mass is 127. The van der Waals surface area contributed by atoms with E-state index in [-0.39, 0.29) is 24.0 Å². The van der Waals surface area contributed by atoms with Gasteiger partial charge < -0.3 is 19.7 Å². The number of hydrogen-bond acceptors (Lipinski definition) is 5. The van der Waals surface area contributed by atoms with Crippen LogP contribution in [0.3, 0.4) is 0 Å². The number of likely N-dealkylation sites (N-methyl/N-ethyl adjacent to an activating group) is 1. The molecule has 1 aromatic rings. The summed E-state index contributed by atoms with van der Waals surface area (Å²) in [5, 5.41) is 3.32. The van der Waals surface area contributed by atoms with Crippen molar-refractivity contribution in [2.45, 2.75) is 19.8 Å². The van der Waals surface area contributed by atoms with Crippen molar-refractivity contribution in [3.05, 3.63) is 24.3 Å². The summed E-state index contributed by atoms with van der Waals surface area (Å²) in [6, 6.07) is 7.53. The molecular weight excluding hydrogens is 519 g/mol. The first kappa shape index (κ1) is 26.8. The zero-order valence-electron chi connectivity index (χ0n) is 18.3. The fraction of sp³-hybridized carbons (Fsp3) is 0.650. The summed E-state index contributed by atoms with van der Waals surface area (Å²) in [4.78, 5) is 6.82. The number of aliphatic imine (C=N–C) groups is 1. The van der Waals surface area contributed by atoms with Gasteiger partial charge in [0.1, 0.15) is 18.1 Å². The predicted octanol–water partition coefficient (Wildman–Crippen LogP) is 2.26. The van der Waals surface area contributed by atoms with E-state index in [2.05, 4.69) is 10.2 Å². The van der Waals surface area contributed by atoms with Crippen LogP contribution in [-0.2, 0) is 10.0 Å². The lowest BCUT2D eigenvalue weighted by Gasteiger charge is -2.30. The average Bonchev–Trinajstić information content (AvgIpc) is 2.71. The van der Waals surface area contributed by atoms with Gasteiger partial charge >= 0.3 is 0 Å². The molecule has 2 rings (SSSR count). The van der Waals surface area contributed by atoms with Crippen molar-refractivity contribution in [1.29, 1.82) is 0 Å². The van der Waals surface area contributed by atoms with E-state index in [0.717, 1.165) is 36.8 Å². The maximum absolute atomic E-state index is 11.6. The second-order valence-corrected chi connectivity index (χ2v) is 9.23. The normalized spacial score (nSPS) is 15.9. The Morgan fingerprint density at radius 2 is 1.83 bits per heavy atom. The summed E-state index contributed by atoms with van der Waals surface area (Å²) in [6.45, 7) is 5.94. The molecule has 1 aliphatic rings. The largest absolute Gasteiger partial charge is 0.497 e. The quantitative estimate of drug-likeness (QED) is 0.287. The van der Waals surface area contributed by atoms with Crippen molar-refractivity contribution in [2.24, 2.45) is 10.9 Å². The first-order valence-corrected chi connectivity index (χ1v) is 11.9. The summed E-state index contributed by atoms with van der Waals surface area (Å²) in [5.74, 6) is 2.86. The molecule has 0 saturated carbocycles. The minimum absolute atomic E-state index is 0. The smallest absolute Gasteiger partial charge is 0.211 e. The third-order valence-corrected chi connectivity index (χ3v) is 6.30. The lowest BCUT2D eigenvalue weighted by atomic mass is 9.98. The molecule has 8 nitrogen and oxygen atoms in total. The molecule has 1 heterocycles. The van der Waals surface area contributed by atoms with Gasteiger partial charge in [0.25, 0.3) is 0 Å². The van der Waals surface area contributed by atoms with E-state index in [4.69, 9.17) is 14.5 Å². The average molecular weight is 554 g/mol. The summed E-state index contributed by atoms with van der Waals surface area (Å²) in [6.07, 6.45) is 2.97. The molecule has 0 amide bonds. The monoisotopic (exact) mass is 554 g/mol. The number of hydrogen-bond donors (Lipinski definition) is 1. The van der Waals surface area contributed by atoms with Crippen molar-refractivity contribution in [2.75, 3.05) is 59.7 Å². The van der Waals surface area contributed by atoms with Crippen molar-refractivity contribution in [1.82, 2.24) is 14.5 Å². The predicted molar refractivity (Wildman–Crippen MR) is 132 cm³/mol. The van der Waals surface area contributed by atoms with Crippen LogP contribution in [0.5, 0.6) is 11.5 Å². The molecule has 1 aromatic carbocycles. The molecule has 0 aliphatic carbocycles. The van der Waals surface area contributed by atoms with E-state index in [0.29, 0.717) is 38.7 Å². The number of nitrogens with zero attached hydrogens (tertiary/aromatic N) is 3. The molecule has 1 aliphatic heterocycles. The minimum Gasteiger partial charge on any atom is -0.497 e. The van der Waals surface area contributed by atoms with Gasteiger partial charge in [-0.1, -0.05) is 0 Å². The third-order valence-electron chi connectivity index (χ3n) is 4.99. The van der Waals surface area contributed by atoms with Crippen LogP contribution in [0.4, 0.5) is 0 Å². The number of piperidine rings is 1. The second kappa shape index (κ2) is 13.2. The van der Waals surface area contributed by atoms with Crippen LogP contribution in [0.15, 0.2) is 29.3 Å². The van der Waals surface area contributed by atoms with Gasteiger partial charge in [-0.3, -0.25) is 4.99 Å². The van der Waals surface area contributed by atoms with Gasteiger partial charge in [-0.25, -0.2) is 12.7 Å². The maximum Gasteiger partial charge on any atom is 0.211 e. The molecule has 0 unspecified atom stereocenters. The van der Waals surface area contributed by atoms with Crippen LogP contribution in [0.1, 0.15) is 19.8 Å². The van der Waals surface area contributed by atoms with Crippen LogP contribution in [0, 0.1) is 5.92 Å². The first-order valence-electron chi connectivity index (χ1n) is 10.0. The van der Waals surface area contributed by atoms with Gasteiger partial charge in [-0.2, -0.15) is 0 Å². The Hall–Kier alpha value is -1.27. The summed E-state index contributed by atoms with van der Waals surface area (Å²) < 4.78 is 35.8. The Morgan fingerprint density at radius 3 is 2.37 bits per heavy atom. The van der Waals surface area contributed by atoms with E-state index in [1.54, 1.807) is 11.4 Å². The van der Waals surface area contributed by atoms with Gasteiger partial charge in [0.05, 0.1) is 19.9 Å². The minimum atomic E-state index is -3.08. The molecule has 1 fully saturated rings. The number of guanidine groups is 1. The van der Waals surface area contributed by atoms with Gasteiger partial charge in [-0.05, 0) is 49.9 Å². The van der Waals surface area contributed by atoms with E-state index >= 15 is 0 Å². The third kappa shape index (κ3) is 8.84. The molecule has 0 spiro atoms. The van der Waals surface area contributed by atoms with Crippen molar-refractivity contribution in [3.63, 3.8) is 0 Å². The molecule has 0 aromatic heterocycles. The highest BCUT2D eigenvalue weighted by Crippen LogP contribution is 2.19. The number of rotatable bonds is 9. The highest BCUT2D eigenvalue weighted by molar-refractivity contribution is 14.0. The zero-order chi connectivity index (χ0) is 21.3. The van der Waals surface area contributed by atoms with E-state index in [1.807, 2.05) is 38.2 Å². The molecule has 172 valence electrons. The van der Waals surface area contributed by atoms with Gasteiger partial charge in [0, 0.05) is 33.2 Å². The standard InChI is InChI=1S/C20H34N4O4S.HI/c1-5-21-20(22-16-17-10-12-24(13-11-17)29(4,25)26)23(2)14-15-28-19-8-6-18(27-3)7-9-19;/h6-9,17H,5,10-16H2,1-4H3,(H,21,22);1H. The Labute approximate surface area is 198 Å². The van der Waals surface area contributed by atoms with Crippen LogP contribution in [0.25, 0.3) is 0 Å². The molecule has 1 N–H and O–H groups in total. The molecule has 30 heavy (non-hydrogen) atoms. The maximum atomic E-state index is 11.6. The van der Waals surface area contributed by atoms with Crippen molar-refractivity contribution < 1.29 is 17.9 Å². The summed E-state index contributed by atoms with van der Waals surface area (Å²) in [5.41, 5.74) is 0. The van der Waals surface area contributed by atoms with Gasteiger partial charge in [0.15, 0.2) is 5.96 Å². The number of ether oxygens (including phenoxy) is 2. The molecule has 0 atom stereocenters. The zero-order valence-corrected chi connectivity index (χ0v) is 21.5. The van der Waals surface area contributed by atoms with Gasteiger partial charge in [-0.15, -0.1) is 24.0 Å².